The van der Waals surface area contributed by atoms with Gasteiger partial charge in [-0.3, -0.25) is 0 Å². The molecule has 0 amide bonds. The van der Waals surface area contributed by atoms with Gasteiger partial charge in [0.2, 0.25) is 18.3 Å². The summed E-state index contributed by atoms with van der Waals surface area (Å²) >= 11 is 3.49. The van der Waals surface area contributed by atoms with Gasteiger partial charge in [-0.15, -0.1) is 0 Å². The molecule has 2 heterocycles. The first-order chi connectivity index (χ1) is 11.1. The molecule has 1 aromatic carbocycles. The molecule has 8 nitrogen and oxygen atoms in total. The van der Waals surface area contributed by atoms with Gasteiger partial charge >= 0.3 is 5.97 Å². The van der Waals surface area contributed by atoms with E-state index in [1.807, 2.05) is 0 Å². The van der Waals surface area contributed by atoms with Gasteiger partial charge in [-0.1, -0.05) is 5.16 Å². The third-order valence-electron chi connectivity index (χ3n) is 3.58. The zero-order valence-electron chi connectivity index (χ0n) is 12.4. The number of carboxylic acids is 1. The van der Waals surface area contributed by atoms with E-state index in [9.17, 15) is 4.79 Å². The van der Waals surface area contributed by atoms with E-state index in [0.29, 0.717) is 33.9 Å². The maximum atomic E-state index is 10.9. The van der Waals surface area contributed by atoms with Crippen LogP contribution in [-0.2, 0) is 16.1 Å². The number of fused-ring (bicyclic) bond motifs is 1. The van der Waals surface area contributed by atoms with Crippen LogP contribution in [0.2, 0.25) is 0 Å². The number of methoxy groups -OCH3 is 2. The molecule has 0 saturated carbocycles. The molecule has 0 radical (unpaired) electrons. The maximum Gasteiger partial charge on any atom is 0.353 e. The molecule has 1 N–H and O–H groups in total. The molecular weight excluding hydrogens is 374 g/mol. The van der Waals surface area contributed by atoms with Crippen LogP contribution in [0, 0.1) is 0 Å². The highest BCUT2D eigenvalue weighted by Crippen LogP contribution is 2.54. The van der Waals surface area contributed by atoms with Gasteiger partial charge in [0.1, 0.15) is 6.10 Å². The highest BCUT2D eigenvalue weighted by molar-refractivity contribution is 9.10. The molecule has 0 aliphatic carbocycles. The molecule has 1 unspecified atom stereocenters. The number of ether oxygens (including phenoxy) is 4. The minimum atomic E-state index is -1.08. The van der Waals surface area contributed by atoms with E-state index < -0.39 is 12.1 Å². The van der Waals surface area contributed by atoms with Crippen LogP contribution >= 0.6 is 15.9 Å². The fraction of sp³-hybridized carbons (Fsp3) is 0.429. The summed E-state index contributed by atoms with van der Waals surface area (Å²) in [5.74, 6) is 0.833. The van der Waals surface area contributed by atoms with Crippen molar-refractivity contribution in [3.05, 3.63) is 10.0 Å². The number of carbonyl (C=O) groups is 1. The van der Waals surface area contributed by atoms with Gasteiger partial charge in [-0.05, 0) is 15.9 Å². The molecule has 1 aromatic rings. The quantitative estimate of drug-likeness (QED) is 0.824. The van der Waals surface area contributed by atoms with Crippen LogP contribution in [-0.4, -0.2) is 43.9 Å². The van der Waals surface area contributed by atoms with Crippen molar-refractivity contribution in [1.82, 2.24) is 0 Å². The zero-order valence-corrected chi connectivity index (χ0v) is 14.0. The predicted octanol–water partition coefficient (Wildman–Crippen LogP) is 1.97. The first-order valence-corrected chi connectivity index (χ1v) is 7.54. The summed E-state index contributed by atoms with van der Waals surface area (Å²) in [5, 5.41) is 12.5. The first-order valence-electron chi connectivity index (χ1n) is 6.74. The molecule has 0 aromatic heterocycles. The fourth-order valence-electron chi connectivity index (χ4n) is 2.56. The topological polar surface area (TPSA) is 95.8 Å². The molecule has 3 rings (SSSR count). The third-order valence-corrected chi connectivity index (χ3v) is 4.42. The summed E-state index contributed by atoms with van der Waals surface area (Å²) in [7, 11) is 3.05. The SMILES string of the molecule is COc1c(Br)c(CC2CC(C(=O)O)=NO2)c(OC)c2c1OCO2. The molecule has 0 spiro atoms. The highest BCUT2D eigenvalue weighted by atomic mass is 79.9. The van der Waals surface area contributed by atoms with Crippen LogP contribution in [0.4, 0.5) is 0 Å². The number of hydrogen-bond donors (Lipinski definition) is 1. The lowest BCUT2D eigenvalue weighted by Crippen LogP contribution is -2.17. The zero-order chi connectivity index (χ0) is 16.6. The Kier molecular flexibility index (Phi) is 4.20. The Morgan fingerprint density at radius 1 is 1.30 bits per heavy atom. The number of nitrogens with zero attached hydrogens (tertiary/aromatic N) is 1. The summed E-state index contributed by atoms with van der Waals surface area (Å²) in [6, 6.07) is 0. The molecule has 0 fully saturated rings. The Balaban J connectivity index is 1.95. The lowest BCUT2D eigenvalue weighted by molar-refractivity contribution is -0.129. The molecular formula is C14H14BrNO7. The van der Waals surface area contributed by atoms with Crippen molar-refractivity contribution in [3.8, 4) is 23.0 Å². The summed E-state index contributed by atoms with van der Waals surface area (Å²) in [6.07, 6.45) is 0.176. The maximum absolute atomic E-state index is 10.9. The fourth-order valence-corrected chi connectivity index (χ4v) is 3.25. The summed E-state index contributed by atoms with van der Waals surface area (Å²) in [6.45, 7) is 0.0736. The Bertz CT molecular complexity index is 688. The second-order valence-electron chi connectivity index (χ2n) is 4.90. The van der Waals surface area contributed by atoms with E-state index in [-0.39, 0.29) is 18.9 Å². The van der Waals surface area contributed by atoms with Crippen LogP contribution in [0.15, 0.2) is 9.63 Å². The smallest absolute Gasteiger partial charge is 0.353 e. The van der Waals surface area contributed by atoms with Crippen molar-refractivity contribution in [1.29, 1.82) is 0 Å². The Morgan fingerprint density at radius 2 is 1.96 bits per heavy atom. The molecule has 0 saturated heterocycles. The van der Waals surface area contributed by atoms with Gasteiger partial charge in [0, 0.05) is 18.4 Å². The number of oxime groups is 1. The normalized spacial score (nSPS) is 18.4. The van der Waals surface area contributed by atoms with Gasteiger partial charge in [-0.25, -0.2) is 4.79 Å². The monoisotopic (exact) mass is 387 g/mol. The second kappa shape index (κ2) is 6.15. The van der Waals surface area contributed by atoms with E-state index in [1.165, 1.54) is 14.2 Å². The number of benzene rings is 1. The minimum absolute atomic E-state index is 0.00204. The standard InChI is InChI=1S/C14H14BrNO7/c1-19-10-7(3-6-4-8(14(17)18)16-23-6)9(15)11(20-2)13-12(10)21-5-22-13/h6H,3-5H2,1-2H3,(H,17,18). The average Bonchev–Trinajstić information content (AvgIpc) is 3.17. The van der Waals surface area contributed by atoms with Gasteiger partial charge in [0.15, 0.2) is 17.2 Å². The van der Waals surface area contributed by atoms with E-state index in [0.717, 1.165) is 5.56 Å². The van der Waals surface area contributed by atoms with Gasteiger partial charge in [-0.2, -0.15) is 0 Å². The molecule has 124 valence electrons. The number of aliphatic carboxylic acids is 1. The molecule has 2 aliphatic rings. The van der Waals surface area contributed by atoms with Crippen LogP contribution in [0.1, 0.15) is 12.0 Å². The van der Waals surface area contributed by atoms with Gasteiger partial charge < -0.3 is 28.9 Å². The lowest BCUT2D eigenvalue weighted by Gasteiger charge is -2.18. The molecule has 0 bridgehead atoms. The summed E-state index contributed by atoms with van der Waals surface area (Å²) < 4.78 is 22.4. The van der Waals surface area contributed by atoms with Crippen molar-refractivity contribution < 1.29 is 33.7 Å². The first kappa shape index (κ1) is 15.7. The molecule has 2 aliphatic heterocycles. The Morgan fingerprint density at radius 3 is 2.52 bits per heavy atom. The van der Waals surface area contributed by atoms with Crippen molar-refractivity contribution >= 4 is 27.6 Å². The lowest BCUT2D eigenvalue weighted by atomic mass is 10.0. The summed E-state index contributed by atoms with van der Waals surface area (Å²) in [4.78, 5) is 16.1. The Hall–Kier alpha value is -2.16. The van der Waals surface area contributed by atoms with Crippen molar-refractivity contribution in [2.24, 2.45) is 5.16 Å². The van der Waals surface area contributed by atoms with Gasteiger partial charge in [0.05, 0.1) is 18.7 Å². The molecule has 9 heteroatoms. The average molecular weight is 388 g/mol. The molecule has 23 heavy (non-hydrogen) atoms. The minimum Gasteiger partial charge on any atom is -0.492 e. The van der Waals surface area contributed by atoms with Crippen LogP contribution in [0.25, 0.3) is 0 Å². The van der Waals surface area contributed by atoms with E-state index in [1.54, 1.807) is 0 Å². The van der Waals surface area contributed by atoms with E-state index >= 15 is 0 Å². The highest BCUT2D eigenvalue weighted by Gasteiger charge is 2.34. The van der Waals surface area contributed by atoms with Crippen LogP contribution in [0.5, 0.6) is 23.0 Å². The number of halogens is 1. The number of carboxylic acid groups (broad SMARTS) is 1. The van der Waals surface area contributed by atoms with E-state index in [4.69, 9.17) is 28.9 Å². The van der Waals surface area contributed by atoms with E-state index in [2.05, 4.69) is 21.1 Å². The van der Waals surface area contributed by atoms with Crippen molar-refractivity contribution in [3.63, 3.8) is 0 Å². The largest absolute Gasteiger partial charge is 0.492 e. The van der Waals surface area contributed by atoms with Crippen LogP contribution in [0.3, 0.4) is 0 Å². The predicted molar refractivity (Wildman–Crippen MR) is 81.6 cm³/mol. The Labute approximate surface area is 140 Å². The van der Waals surface area contributed by atoms with Crippen molar-refractivity contribution in [2.75, 3.05) is 21.0 Å². The number of rotatable bonds is 5. The second-order valence-corrected chi connectivity index (χ2v) is 5.70. The summed E-state index contributed by atoms with van der Waals surface area (Å²) in [5.41, 5.74) is 0.734. The third kappa shape index (κ3) is 2.65. The van der Waals surface area contributed by atoms with Crippen LogP contribution < -0.4 is 18.9 Å². The van der Waals surface area contributed by atoms with Crippen molar-refractivity contribution in [2.45, 2.75) is 18.9 Å². The molecule has 1 atom stereocenters. The van der Waals surface area contributed by atoms with Gasteiger partial charge in [0.25, 0.3) is 0 Å². The number of hydrogen-bond acceptors (Lipinski definition) is 7.